The van der Waals surface area contributed by atoms with E-state index in [2.05, 4.69) is 0 Å². The van der Waals surface area contributed by atoms with Crippen LogP contribution in [0.1, 0.15) is 19.8 Å². The molecular weight excluding hydrogens is 170 g/mol. The summed E-state index contributed by atoms with van der Waals surface area (Å²) in [6.07, 6.45) is 1.83. The minimum Gasteiger partial charge on any atom is -0.325 e. The Kier molecular flexibility index (Phi) is 3.84. The summed E-state index contributed by atoms with van der Waals surface area (Å²) < 4.78 is 10.8. The molecule has 62 valence electrons. The molecule has 0 aromatic carbocycles. The molecule has 0 amide bonds. The minimum atomic E-state index is -0.567. The van der Waals surface area contributed by atoms with E-state index in [1.807, 2.05) is 6.92 Å². The molecule has 1 saturated heterocycles. The quantitative estimate of drug-likeness (QED) is 0.600. The average molecular weight is 184 g/mol. The van der Waals surface area contributed by atoms with Gasteiger partial charge in [-0.15, -0.1) is 12.4 Å². The van der Waals surface area contributed by atoms with E-state index >= 15 is 0 Å². The normalized spacial score (nSPS) is 40.4. The van der Waals surface area contributed by atoms with Crippen LogP contribution in [0, 0.1) is 0 Å². The molecule has 2 nitrogen and oxygen atoms in total. The van der Waals surface area contributed by atoms with E-state index in [0.29, 0.717) is 0 Å². The van der Waals surface area contributed by atoms with Gasteiger partial charge in [-0.1, -0.05) is 0 Å². The lowest BCUT2D eigenvalue weighted by Gasteiger charge is -2.28. The van der Waals surface area contributed by atoms with Crippen molar-refractivity contribution in [1.29, 1.82) is 0 Å². The lowest BCUT2D eigenvalue weighted by Crippen LogP contribution is -2.42. The Morgan fingerprint density at radius 1 is 1.40 bits per heavy atom. The van der Waals surface area contributed by atoms with Gasteiger partial charge in [0.15, 0.2) is 0 Å². The maximum absolute atomic E-state index is 10.8. The molecule has 0 saturated carbocycles. The maximum Gasteiger partial charge on any atom is 0.0252 e. The van der Waals surface area contributed by atoms with Crippen LogP contribution in [0.5, 0.6) is 0 Å². The standard InChI is InChI=1S/C6H13NOS.ClH/c1-6(7)2-4-9(8)5-3-6;/h2-5,7H2,1H3;1H. The van der Waals surface area contributed by atoms with Gasteiger partial charge in [0.1, 0.15) is 0 Å². The summed E-state index contributed by atoms with van der Waals surface area (Å²) in [5.74, 6) is 1.60. The predicted octanol–water partition coefficient (Wildman–Crippen LogP) is 0.668. The largest absolute Gasteiger partial charge is 0.325 e. The average Bonchev–Trinajstić information content (AvgIpc) is 1.78. The van der Waals surface area contributed by atoms with Crippen LogP contribution in [0.4, 0.5) is 0 Å². The fraction of sp³-hybridized carbons (Fsp3) is 1.00. The van der Waals surface area contributed by atoms with Crippen molar-refractivity contribution < 1.29 is 4.21 Å². The SMILES string of the molecule is CC1(N)CCS(=O)CC1.Cl. The highest BCUT2D eigenvalue weighted by Crippen LogP contribution is 2.17. The van der Waals surface area contributed by atoms with Crippen molar-refractivity contribution in [2.75, 3.05) is 11.5 Å². The Balaban J connectivity index is 0.000000810. The van der Waals surface area contributed by atoms with Gasteiger partial charge in [0, 0.05) is 27.8 Å². The molecule has 1 heterocycles. The number of nitrogens with two attached hydrogens (primary N) is 1. The van der Waals surface area contributed by atoms with E-state index in [4.69, 9.17) is 5.73 Å². The Morgan fingerprint density at radius 3 is 2.10 bits per heavy atom. The van der Waals surface area contributed by atoms with Crippen molar-refractivity contribution in [3.63, 3.8) is 0 Å². The van der Waals surface area contributed by atoms with Gasteiger partial charge in [0.25, 0.3) is 0 Å². The first-order valence-corrected chi connectivity index (χ1v) is 4.73. The molecule has 0 spiro atoms. The van der Waals surface area contributed by atoms with Crippen LogP contribution in [-0.2, 0) is 10.8 Å². The van der Waals surface area contributed by atoms with Gasteiger partial charge >= 0.3 is 0 Å². The summed E-state index contributed by atoms with van der Waals surface area (Å²) in [5.41, 5.74) is 5.77. The molecule has 0 aromatic rings. The van der Waals surface area contributed by atoms with E-state index < -0.39 is 10.8 Å². The molecule has 0 aromatic heterocycles. The Bertz CT molecular complexity index is 126. The van der Waals surface area contributed by atoms with Gasteiger partial charge in [-0.25, -0.2) is 0 Å². The second-order valence-corrected chi connectivity index (χ2v) is 4.70. The van der Waals surface area contributed by atoms with Gasteiger partial charge in [-0.05, 0) is 19.8 Å². The first-order valence-electron chi connectivity index (χ1n) is 3.24. The summed E-state index contributed by atoms with van der Waals surface area (Å²) in [6.45, 7) is 2.03. The van der Waals surface area contributed by atoms with Gasteiger partial charge in [-0.2, -0.15) is 0 Å². The molecule has 0 bridgehead atoms. The summed E-state index contributed by atoms with van der Waals surface area (Å²) in [6, 6.07) is 0. The number of hydrogen-bond donors (Lipinski definition) is 1. The topological polar surface area (TPSA) is 43.1 Å². The molecule has 4 heteroatoms. The van der Waals surface area contributed by atoms with Crippen molar-refractivity contribution in [3.8, 4) is 0 Å². The third-order valence-electron chi connectivity index (χ3n) is 1.80. The monoisotopic (exact) mass is 183 g/mol. The molecule has 1 fully saturated rings. The second kappa shape index (κ2) is 3.69. The molecule has 0 radical (unpaired) electrons. The Morgan fingerprint density at radius 2 is 1.80 bits per heavy atom. The van der Waals surface area contributed by atoms with E-state index in [0.717, 1.165) is 24.3 Å². The van der Waals surface area contributed by atoms with Gasteiger partial charge in [-0.3, -0.25) is 4.21 Å². The minimum absolute atomic E-state index is 0. The highest BCUT2D eigenvalue weighted by molar-refractivity contribution is 7.85. The molecule has 1 aliphatic rings. The van der Waals surface area contributed by atoms with Crippen molar-refractivity contribution >= 4 is 23.2 Å². The van der Waals surface area contributed by atoms with Crippen molar-refractivity contribution in [1.82, 2.24) is 0 Å². The lowest BCUT2D eigenvalue weighted by molar-refractivity contribution is 0.429. The molecule has 0 atom stereocenters. The highest BCUT2D eigenvalue weighted by atomic mass is 35.5. The lowest BCUT2D eigenvalue weighted by atomic mass is 9.97. The third kappa shape index (κ3) is 2.99. The summed E-state index contributed by atoms with van der Waals surface area (Å²) in [5, 5.41) is 0. The van der Waals surface area contributed by atoms with Crippen LogP contribution in [0.3, 0.4) is 0 Å². The third-order valence-corrected chi connectivity index (χ3v) is 3.12. The van der Waals surface area contributed by atoms with Gasteiger partial charge in [0.05, 0.1) is 0 Å². The molecule has 2 N–H and O–H groups in total. The van der Waals surface area contributed by atoms with E-state index in [1.54, 1.807) is 0 Å². The van der Waals surface area contributed by atoms with Crippen LogP contribution in [-0.4, -0.2) is 21.3 Å². The maximum atomic E-state index is 10.8. The van der Waals surface area contributed by atoms with E-state index in [9.17, 15) is 4.21 Å². The molecule has 0 unspecified atom stereocenters. The summed E-state index contributed by atoms with van der Waals surface area (Å²) in [4.78, 5) is 0. The number of halogens is 1. The molecule has 1 rings (SSSR count). The molecular formula is C6H14ClNOS. The van der Waals surface area contributed by atoms with Crippen molar-refractivity contribution in [2.24, 2.45) is 5.73 Å². The van der Waals surface area contributed by atoms with E-state index in [-0.39, 0.29) is 17.9 Å². The zero-order chi connectivity index (χ0) is 6.91. The summed E-state index contributed by atoms with van der Waals surface area (Å²) in [7, 11) is -0.567. The predicted molar refractivity (Wildman–Crippen MR) is 47.0 cm³/mol. The second-order valence-electron chi connectivity index (χ2n) is 3.00. The van der Waals surface area contributed by atoms with Crippen molar-refractivity contribution in [3.05, 3.63) is 0 Å². The first-order chi connectivity index (χ1) is 4.10. The smallest absolute Gasteiger partial charge is 0.0252 e. The fourth-order valence-electron chi connectivity index (χ4n) is 0.921. The van der Waals surface area contributed by atoms with Crippen LogP contribution < -0.4 is 5.73 Å². The fourth-order valence-corrected chi connectivity index (χ4v) is 2.51. The van der Waals surface area contributed by atoms with Crippen molar-refractivity contribution in [2.45, 2.75) is 25.3 Å². The van der Waals surface area contributed by atoms with Gasteiger partial charge in [0.2, 0.25) is 0 Å². The molecule has 10 heavy (non-hydrogen) atoms. The van der Waals surface area contributed by atoms with Crippen LogP contribution >= 0.6 is 12.4 Å². The zero-order valence-corrected chi connectivity index (χ0v) is 7.76. The molecule has 0 aliphatic carbocycles. The van der Waals surface area contributed by atoms with Crippen LogP contribution in [0.25, 0.3) is 0 Å². The molecule has 1 aliphatic heterocycles. The van der Waals surface area contributed by atoms with E-state index in [1.165, 1.54) is 0 Å². The highest BCUT2D eigenvalue weighted by Gasteiger charge is 2.24. The number of rotatable bonds is 0. The zero-order valence-electron chi connectivity index (χ0n) is 6.13. The van der Waals surface area contributed by atoms with Crippen LogP contribution in [0.2, 0.25) is 0 Å². The Labute approximate surface area is 70.4 Å². The van der Waals surface area contributed by atoms with Crippen LogP contribution in [0.15, 0.2) is 0 Å². The Hall–Kier alpha value is 0.400. The summed E-state index contributed by atoms with van der Waals surface area (Å²) >= 11 is 0. The van der Waals surface area contributed by atoms with Gasteiger partial charge < -0.3 is 5.73 Å². The first kappa shape index (κ1) is 10.4. The number of hydrogen-bond acceptors (Lipinski definition) is 2.